The van der Waals surface area contributed by atoms with Crippen LogP contribution in [-0.4, -0.2) is 12.5 Å². The largest absolute Gasteiger partial charge is 0.425 e. The van der Waals surface area contributed by atoms with Crippen molar-refractivity contribution in [3.63, 3.8) is 0 Å². The molecule has 0 saturated heterocycles. The third kappa shape index (κ3) is 2.82. The molecular formula is C18H15ClN2O2S. The number of fused-ring (bicyclic) bond motifs is 4. The van der Waals surface area contributed by atoms with E-state index in [2.05, 4.69) is 17.4 Å². The second-order valence-corrected chi connectivity index (χ2v) is 6.28. The molecule has 0 saturated carbocycles. The molecule has 0 bridgehead atoms. The van der Waals surface area contributed by atoms with Crippen LogP contribution in [-0.2, 0) is 4.79 Å². The minimum atomic E-state index is -0.440. The normalized spacial score (nSPS) is 11.7. The number of esters is 1. The predicted molar refractivity (Wildman–Crippen MR) is 99.7 cm³/mol. The van der Waals surface area contributed by atoms with Crippen LogP contribution in [0.25, 0.3) is 10.8 Å². The van der Waals surface area contributed by atoms with E-state index in [0.717, 1.165) is 31.9 Å². The first kappa shape index (κ1) is 16.6. The van der Waals surface area contributed by atoms with Crippen molar-refractivity contribution in [1.82, 2.24) is 0 Å². The number of halogens is 1. The van der Waals surface area contributed by atoms with Gasteiger partial charge in [-0.15, -0.1) is 12.4 Å². The Kier molecular flexibility index (Phi) is 4.66. The summed E-state index contributed by atoms with van der Waals surface area (Å²) in [6, 6.07) is 17.9. The summed E-state index contributed by atoms with van der Waals surface area (Å²) in [4.78, 5) is 13.8. The summed E-state index contributed by atoms with van der Waals surface area (Å²) in [6.45, 7) is -0.139. The van der Waals surface area contributed by atoms with Crippen LogP contribution in [0, 0.1) is 0 Å². The van der Waals surface area contributed by atoms with Crippen LogP contribution < -0.4 is 15.8 Å². The van der Waals surface area contributed by atoms with Crippen molar-refractivity contribution in [2.45, 2.75) is 9.79 Å². The fourth-order valence-electron chi connectivity index (χ4n) is 2.69. The van der Waals surface area contributed by atoms with Crippen molar-refractivity contribution in [2.75, 3.05) is 11.9 Å². The average molecular weight is 359 g/mol. The van der Waals surface area contributed by atoms with Gasteiger partial charge in [0.05, 0.1) is 17.9 Å². The number of carbonyl (C=O) groups excluding carboxylic acids is 1. The number of rotatable bonds is 2. The molecule has 3 N–H and O–H groups in total. The van der Waals surface area contributed by atoms with Gasteiger partial charge in [0.15, 0.2) is 0 Å². The molecule has 0 radical (unpaired) electrons. The molecule has 0 aromatic heterocycles. The first-order chi connectivity index (χ1) is 11.3. The molecule has 4 rings (SSSR count). The Morgan fingerprint density at radius 1 is 1.04 bits per heavy atom. The number of nitrogens with one attached hydrogen (secondary N) is 1. The number of para-hydroxylation sites is 1. The fraction of sp³-hybridized carbons (Fsp3) is 0.0556. The molecule has 0 aliphatic carbocycles. The van der Waals surface area contributed by atoms with Crippen molar-refractivity contribution in [3.8, 4) is 5.75 Å². The molecule has 0 spiro atoms. The van der Waals surface area contributed by atoms with Crippen LogP contribution in [0.15, 0.2) is 64.4 Å². The average Bonchev–Trinajstić information content (AvgIpc) is 2.60. The van der Waals surface area contributed by atoms with Gasteiger partial charge in [-0.05, 0) is 18.2 Å². The molecule has 0 unspecified atom stereocenters. The smallest absolute Gasteiger partial charge is 0.325 e. The van der Waals surface area contributed by atoms with Crippen LogP contribution in [0.1, 0.15) is 0 Å². The van der Waals surface area contributed by atoms with Crippen molar-refractivity contribution in [3.05, 3.63) is 54.6 Å². The van der Waals surface area contributed by atoms with Crippen LogP contribution >= 0.6 is 24.2 Å². The zero-order valence-corrected chi connectivity index (χ0v) is 14.2. The van der Waals surface area contributed by atoms with Crippen LogP contribution in [0.4, 0.5) is 11.4 Å². The van der Waals surface area contributed by atoms with E-state index in [9.17, 15) is 4.79 Å². The zero-order chi connectivity index (χ0) is 15.8. The molecule has 6 heteroatoms. The Bertz CT molecular complexity index is 930. The van der Waals surface area contributed by atoms with Gasteiger partial charge in [0, 0.05) is 20.6 Å². The predicted octanol–water partition coefficient (Wildman–Crippen LogP) is 4.33. The highest BCUT2D eigenvalue weighted by molar-refractivity contribution is 7.99. The maximum atomic E-state index is 11.6. The zero-order valence-electron chi connectivity index (χ0n) is 12.6. The van der Waals surface area contributed by atoms with Crippen LogP contribution in [0.3, 0.4) is 0 Å². The molecule has 0 atom stereocenters. The monoisotopic (exact) mass is 358 g/mol. The molecule has 1 heterocycles. The van der Waals surface area contributed by atoms with E-state index >= 15 is 0 Å². The van der Waals surface area contributed by atoms with E-state index in [1.54, 1.807) is 11.8 Å². The summed E-state index contributed by atoms with van der Waals surface area (Å²) in [6.07, 6.45) is 0. The Morgan fingerprint density at radius 3 is 2.54 bits per heavy atom. The van der Waals surface area contributed by atoms with Gasteiger partial charge in [0.25, 0.3) is 0 Å². The van der Waals surface area contributed by atoms with Gasteiger partial charge in [-0.3, -0.25) is 4.79 Å². The van der Waals surface area contributed by atoms with Crippen molar-refractivity contribution in [1.29, 1.82) is 0 Å². The van der Waals surface area contributed by atoms with Crippen molar-refractivity contribution < 1.29 is 9.53 Å². The molecule has 3 aromatic carbocycles. The van der Waals surface area contributed by atoms with E-state index in [1.807, 2.05) is 42.5 Å². The third-order valence-electron chi connectivity index (χ3n) is 3.73. The van der Waals surface area contributed by atoms with E-state index < -0.39 is 5.97 Å². The van der Waals surface area contributed by atoms with Gasteiger partial charge >= 0.3 is 5.97 Å². The lowest BCUT2D eigenvalue weighted by atomic mass is 10.1. The second kappa shape index (κ2) is 6.73. The molecule has 24 heavy (non-hydrogen) atoms. The first-order valence-electron chi connectivity index (χ1n) is 7.26. The topological polar surface area (TPSA) is 64.4 Å². The quantitative estimate of drug-likeness (QED) is 0.412. The highest BCUT2D eigenvalue weighted by Crippen LogP contribution is 2.49. The van der Waals surface area contributed by atoms with E-state index in [0.29, 0.717) is 5.75 Å². The van der Waals surface area contributed by atoms with E-state index in [1.165, 1.54) is 0 Å². The van der Waals surface area contributed by atoms with Gasteiger partial charge in [0.1, 0.15) is 5.75 Å². The van der Waals surface area contributed by atoms with Crippen LogP contribution in [0.5, 0.6) is 5.75 Å². The Balaban J connectivity index is 0.00000169. The van der Waals surface area contributed by atoms with Gasteiger partial charge in [-0.25, -0.2) is 0 Å². The van der Waals surface area contributed by atoms with Crippen molar-refractivity contribution in [2.24, 2.45) is 5.73 Å². The Hall–Kier alpha value is -2.21. The Morgan fingerprint density at radius 2 is 1.75 bits per heavy atom. The molecule has 4 nitrogen and oxygen atoms in total. The van der Waals surface area contributed by atoms with E-state index in [4.69, 9.17) is 10.5 Å². The minimum absolute atomic E-state index is 0. The fourth-order valence-corrected chi connectivity index (χ4v) is 3.73. The van der Waals surface area contributed by atoms with E-state index in [-0.39, 0.29) is 19.0 Å². The lowest BCUT2D eigenvalue weighted by Crippen LogP contribution is -2.19. The summed E-state index contributed by atoms with van der Waals surface area (Å²) >= 11 is 1.66. The molecular weight excluding hydrogens is 344 g/mol. The van der Waals surface area contributed by atoms with Gasteiger partial charge in [-0.1, -0.05) is 48.2 Å². The molecule has 1 aliphatic rings. The highest BCUT2D eigenvalue weighted by atomic mass is 35.5. The van der Waals surface area contributed by atoms with Gasteiger partial charge < -0.3 is 15.8 Å². The summed E-state index contributed by atoms with van der Waals surface area (Å²) in [5, 5.41) is 5.40. The lowest BCUT2D eigenvalue weighted by molar-refractivity contribution is -0.132. The maximum Gasteiger partial charge on any atom is 0.325 e. The van der Waals surface area contributed by atoms with Gasteiger partial charge in [0.2, 0.25) is 0 Å². The summed E-state index contributed by atoms with van der Waals surface area (Å²) in [7, 11) is 0. The summed E-state index contributed by atoms with van der Waals surface area (Å²) in [5.74, 6) is 0.104. The standard InChI is InChI=1S/C18H14N2O2S.ClH/c19-10-17(21)22-14-9-16-18(12-6-2-1-5-11(12)14)20-13-7-3-4-8-15(13)23-16;/h1-9,20H,10,19H2;1H. The van der Waals surface area contributed by atoms with Gasteiger partial charge in [-0.2, -0.15) is 0 Å². The third-order valence-corrected chi connectivity index (χ3v) is 4.85. The Labute approximate surface area is 149 Å². The molecule has 3 aromatic rings. The number of benzene rings is 3. The SMILES string of the molecule is Cl.NCC(=O)Oc1cc2c(c3ccccc13)Nc1ccccc1S2. The van der Waals surface area contributed by atoms with Crippen molar-refractivity contribution >= 4 is 52.3 Å². The first-order valence-corrected chi connectivity index (χ1v) is 8.08. The minimum Gasteiger partial charge on any atom is -0.425 e. The number of carbonyl (C=O) groups is 1. The number of anilines is 2. The number of hydrogen-bond donors (Lipinski definition) is 2. The number of ether oxygens (including phenoxy) is 1. The molecule has 1 aliphatic heterocycles. The summed E-state index contributed by atoms with van der Waals surface area (Å²) in [5.41, 5.74) is 7.50. The highest BCUT2D eigenvalue weighted by Gasteiger charge is 2.20. The number of hydrogen-bond acceptors (Lipinski definition) is 5. The summed E-state index contributed by atoms with van der Waals surface area (Å²) < 4.78 is 5.43. The number of nitrogens with two attached hydrogens (primary N) is 1. The molecule has 0 amide bonds. The maximum absolute atomic E-state index is 11.6. The van der Waals surface area contributed by atoms with Crippen LogP contribution in [0.2, 0.25) is 0 Å². The molecule has 0 fully saturated rings. The second-order valence-electron chi connectivity index (χ2n) is 5.19. The lowest BCUT2D eigenvalue weighted by Gasteiger charge is -2.23. The molecule has 122 valence electrons.